The summed E-state index contributed by atoms with van der Waals surface area (Å²) in [6.07, 6.45) is 6.95. The van der Waals surface area contributed by atoms with Gasteiger partial charge in [-0.15, -0.1) is 0 Å². The molecule has 1 aliphatic rings. The van der Waals surface area contributed by atoms with E-state index in [1.165, 1.54) is 6.42 Å². The second kappa shape index (κ2) is 9.94. The number of benzene rings is 1. The third-order valence-corrected chi connectivity index (χ3v) is 4.80. The van der Waals surface area contributed by atoms with Crippen LogP contribution in [-0.2, 0) is 16.0 Å². The molecular weight excluding hydrogens is 354 g/mol. The molecule has 0 spiro atoms. The lowest BCUT2D eigenvalue weighted by Crippen LogP contribution is -2.24. The second-order valence-corrected chi connectivity index (χ2v) is 7.20. The van der Waals surface area contributed by atoms with E-state index < -0.39 is 0 Å². The van der Waals surface area contributed by atoms with E-state index >= 15 is 0 Å². The molecule has 3 rings (SSSR count). The Kier molecular flexibility index (Phi) is 7.08. The number of amidine groups is 1. The van der Waals surface area contributed by atoms with Crippen molar-refractivity contribution in [3.05, 3.63) is 42.2 Å². The third kappa shape index (κ3) is 6.13. The van der Waals surface area contributed by atoms with E-state index in [1.54, 1.807) is 0 Å². The number of hydrogen-bond donors (Lipinski definition) is 3. The summed E-state index contributed by atoms with van der Waals surface area (Å²) in [5, 5.41) is 10.5. The lowest BCUT2D eigenvalue weighted by Gasteiger charge is -2.22. The maximum atomic E-state index is 11.7. The number of nitrogens with two attached hydrogens (primary N) is 1. The van der Waals surface area contributed by atoms with Crippen LogP contribution in [0.1, 0.15) is 31.2 Å². The summed E-state index contributed by atoms with van der Waals surface area (Å²) in [5.74, 6) is 1.04. The summed E-state index contributed by atoms with van der Waals surface area (Å²) >= 11 is 0. The summed E-state index contributed by atoms with van der Waals surface area (Å²) in [6, 6.07) is 8.02. The Labute approximate surface area is 165 Å². The molecule has 1 atom stereocenters. The molecular formula is C21H27N5O2. The van der Waals surface area contributed by atoms with Gasteiger partial charge in [-0.3, -0.25) is 10.2 Å². The van der Waals surface area contributed by atoms with Gasteiger partial charge in [-0.1, -0.05) is 24.3 Å². The van der Waals surface area contributed by atoms with Gasteiger partial charge in [0.05, 0.1) is 18.9 Å². The number of rotatable bonds is 9. The summed E-state index contributed by atoms with van der Waals surface area (Å²) in [6.45, 7) is 2.49. The Morgan fingerprint density at radius 2 is 2.11 bits per heavy atom. The van der Waals surface area contributed by atoms with Gasteiger partial charge in [0.1, 0.15) is 5.78 Å². The topological polar surface area (TPSA) is 114 Å². The fourth-order valence-corrected chi connectivity index (χ4v) is 3.26. The van der Waals surface area contributed by atoms with Gasteiger partial charge >= 0.3 is 0 Å². The van der Waals surface area contributed by atoms with Crippen LogP contribution in [0.4, 0.5) is 5.95 Å². The Balaban J connectivity index is 1.55. The highest BCUT2D eigenvalue weighted by molar-refractivity contribution is 5.98. The van der Waals surface area contributed by atoms with Crippen molar-refractivity contribution in [2.45, 2.75) is 32.1 Å². The fraction of sp³-hybridized carbons (Fsp3) is 0.429. The molecule has 4 N–H and O–H groups in total. The lowest BCUT2D eigenvalue weighted by atomic mass is 10.0. The molecule has 0 saturated carbocycles. The first kappa shape index (κ1) is 19.9. The maximum Gasteiger partial charge on any atom is 0.222 e. The predicted octanol–water partition coefficient (Wildman–Crippen LogP) is 2.81. The fourth-order valence-electron chi connectivity index (χ4n) is 3.26. The van der Waals surface area contributed by atoms with Gasteiger partial charge in [0.2, 0.25) is 5.95 Å². The van der Waals surface area contributed by atoms with Crippen molar-refractivity contribution in [1.82, 2.24) is 9.97 Å². The molecule has 1 aliphatic heterocycles. The number of hydrogen-bond acceptors (Lipinski definition) is 6. The smallest absolute Gasteiger partial charge is 0.222 e. The molecule has 7 nitrogen and oxygen atoms in total. The SMILES string of the molecule is N=C(N)CC(=O)CCc1cccc(-c2cnc(NCC3CCCOC3)nc2)c1. The average molecular weight is 381 g/mol. The van der Waals surface area contributed by atoms with Crippen LogP contribution in [0.5, 0.6) is 0 Å². The van der Waals surface area contributed by atoms with Gasteiger partial charge in [-0.2, -0.15) is 0 Å². The highest BCUT2D eigenvalue weighted by atomic mass is 16.5. The monoisotopic (exact) mass is 381 g/mol. The van der Waals surface area contributed by atoms with Crippen LogP contribution < -0.4 is 11.1 Å². The Hall–Kier alpha value is -2.80. The molecule has 1 aromatic heterocycles. The normalized spacial score (nSPS) is 16.5. The largest absolute Gasteiger partial charge is 0.387 e. The van der Waals surface area contributed by atoms with Crippen LogP contribution in [-0.4, -0.2) is 41.3 Å². The van der Waals surface area contributed by atoms with E-state index in [-0.39, 0.29) is 18.0 Å². The van der Waals surface area contributed by atoms with Crippen LogP contribution in [0, 0.1) is 11.3 Å². The van der Waals surface area contributed by atoms with E-state index in [0.29, 0.717) is 24.7 Å². The zero-order valence-corrected chi connectivity index (χ0v) is 16.0. The van der Waals surface area contributed by atoms with Gasteiger partial charge in [-0.05, 0) is 36.3 Å². The van der Waals surface area contributed by atoms with Crippen molar-refractivity contribution < 1.29 is 9.53 Å². The molecule has 1 saturated heterocycles. The first-order chi connectivity index (χ1) is 13.6. The van der Waals surface area contributed by atoms with Crippen molar-refractivity contribution in [3.63, 3.8) is 0 Å². The first-order valence-electron chi connectivity index (χ1n) is 9.67. The highest BCUT2D eigenvalue weighted by Crippen LogP contribution is 2.21. The zero-order valence-electron chi connectivity index (χ0n) is 16.0. The standard InChI is InChI=1S/C21H27N5O2/c22-20(23)10-19(27)7-6-15-3-1-5-17(9-15)18-12-25-21(26-13-18)24-11-16-4-2-8-28-14-16/h1,3,5,9,12-13,16H,2,4,6-8,10-11,14H2,(H3,22,23)(H,24,25,26). The van der Waals surface area contributed by atoms with E-state index in [9.17, 15) is 4.79 Å². The van der Waals surface area contributed by atoms with E-state index in [4.69, 9.17) is 15.9 Å². The number of aryl methyl sites for hydroxylation is 1. The van der Waals surface area contributed by atoms with Crippen LogP contribution in [0.3, 0.4) is 0 Å². The lowest BCUT2D eigenvalue weighted by molar-refractivity contribution is -0.117. The molecule has 0 aliphatic carbocycles. The van der Waals surface area contributed by atoms with Crippen LogP contribution in [0.2, 0.25) is 0 Å². The summed E-state index contributed by atoms with van der Waals surface area (Å²) < 4.78 is 5.49. The van der Waals surface area contributed by atoms with E-state index in [0.717, 1.165) is 42.9 Å². The predicted molar refractivity (Wildman–Crippen MR) is 109 cm³/mol. The molecule has 1 aromatic carbocycles. The molecule has 0 radical (unpaired) electrons. The van der Waals surface area contributed by atoms with Crippen molar-refractivity contribution in [2.24, 2.45) is 11.7 Å². The summed E-state index contributed by atoms with van der Waals surface area (Å²) in [7, 11) is 0. The van der Waals surface area contributed by atoms with Crippen molar-refractivity contribution in [1.29, 1.82) is 5.41 Å². The minimum atomic E-state index is -0.0828. The van der Waals surface area contributed by atoms with Gasteiger partial charge in [0, 0.05) is 37.5 Å². The second-order valence-electron chi connectivity index (χ2n) is 7.20. The third-order valence-electron chi connectivity index (χ3n) is 4.80. The number of aromatic nitrogens is 2. The average Bonchev–Trinajstić information content (AvgIpc) is 2.72. The quantitative estimate of drug-likeness (QED) is 0.455. The van der Waals surface area contributed by atoms with Crippen molar-refractivity contribution in [2.75, 3.05) is 25.1 Å². The number of carbonyl (C=O) groups is 1. The van der Waals surface area contributed by atoms with Gasteiger partial charge in [-0.25, -0.2) is 9.97 Å². The van der Waals surface area contributed by atoms with Crippen molar-refractivity contribution in [3.8, 4) is 11.1 Å². The number of ether oxygens (including phenoxy) is 1. The van der Waals surface area contributed by atoms with Crippen molar-refractivity contribution >= 4 is 17.6 Å². The van der Waals surface area contributed by atoms with Crippen LogP contribution in [0.25, 0.3) is 11.1 Å². The number of nitrogens with one attached hydrogen (secondary N) is 2. The molecule has 7 heteroatoms. The number of carbonyl (C=O) groups excluding carboxylic acids is 1. The van der Waals surface area contributed by atoms with Gasteiger partial charge < -0.3 is 15.8 Å². The first-order valence-corrected chi connectivity index (χ1v) is 9.67. The van der Waals surface area contributed by atoms with Gasteiger partial charge in [0.25, 0.3) is 0 Å². The Morgan fingerprint density at radius 1 is 1.29 bits per heavy atom. The van der Waals surface area contributed by atoms with Gasteiger partial charge in [0.15, 0.2) is 0 Å². The van der Waals surface area contributed by atoms with E-state index in [1.807, 2.05) is 36.7 Å². The number of ketones is 1. The minimum absolute atomic E-state index is 0.0139. The molecule has 1 fully saturated rings. The molecule has 2 aromatic rings. The molecule has 28 heavy (non-hydrogen) atoms. The maximum absolute atomic E-state index is 11.7. The summed E-state index contributed by atoms with van der Waals surface area (Å²) in [5.41, 5.74) is 8.29. The molecule has 0 bridgehead atoms. The molecule has 0 amide bonds. The Morgan fingerprint density at radius 3 is 2.82 bits per heavy atom. The number of Topliss-reactive ketones (excluding diaryl/α,β-unsaturated/α-hetero) is 1. The highest BCUT2D eigenvalue weighted by Gasteiger charge is 2.14. The number of anilines is 1. The van der Waals surface area contributed by atoms with Crippen LogP contribution in [0.15, 0.2) is 36.7 Å². The summed E-state index contributed by atoms with van der Waals surface area (Å²) in [4.78, 5) is 20.6. The molecule has 2 heterocycles. The van der Waals surface area contributed by atoms with E-state index in [2.05, 4.69) is 15.3 Å². The molecule has 1 unspecified atom stereocenters. The number of nitrogens with zero attached hydrogens (tertiary/aromatic N) is 2. The Bertz CT molecular complexity index is 801. The molecule has 148 valence electrons. The minimum Gasteiger partial charge on any atom is -0.387 e. The zero-order chi connectivity index (χ0) is 19.8. The van der Waals surface area contributed by atoms with Crippen LogP contribution >= 0.6 is 0 Å².